The summed E-state index contributed by atoms with van der Waals surface area (Å²) in [6.07, 6.45) is 2.43. The van der Waals surface area contributed by atoms with E-state index in [1.165, 1.54) is 0 Å². The van der Waals surface area contributed by atoms with Gasteiger partial charge in [0, 0.05) is 17.6 Å². The van der Waals surface area contributed by atoms with Gasteiger partial charge in [-0.25, -0.2) is 0 Å². The maximum Gasteiger partial charge on any atom is 0.251 e. The van der Waals surface area contributed by atoms with E-state index >= 15 is 0 Å². The largest absolute Gasteiger partial charge is 0.345 e. The number of nitrogens with one attached hydrogen (secondary N) is 1. The maximum atomic E-state index is 12.9. The number of nitrogens with zero attached hydrogens (tertiary/aromatic N) is 1. The van der Waals surface area contributed by atoms with Crippen molar-refractivity contribution in [2.45, 2.75) is 51.2 Å². The Morgan fingerprint density at radius 1 is 1.00 bits per heavy atom. The van der Waals surface area contributed by atoms with Crippen LogP contribution in [0.15, 0.2) is 60.7 Å². The minimum Gasteiger partial charge on any atom is -0.345 e. The molecule has 1 unspecified atom stereocenters. The standard InChI is InChI=1S/C22H26N2O2/c1-16(2)24(19-13-14-19)21(25)15-20(17-9-5-3-6-10-17)23-22(26)18-11-7-4-8-12-18/h3-12,16,19-20H,13-15H2,1-2H3,(H,23,26). The van der Waals surface area contributed by atoms with Crippen molar-refractivity contribution in [2.75, 3.05) is 0 Å². The highest BCUT2D eigenvalue weighted by atomic mass is 16.2. The van der Waals surface area contributed by atoms with Crippen molar-refractivity contribution in [1.29, 1.82) is 0 Å². The number of hydrogen-bond donors (Lipinski definition) is 1. The zero-order chi connectivity index (χ0) is 18.5. The number of rotatable bonds is 7. The topological polar surface area (TPSA) is 49.4 Å². The second kappa shape index (κ2) is 8.17. The summed E-state index contributed by atoms with van der Waals surface area (Å²) in [5, 5.41) is 3.05. The van der Waals surface area contributed by atoms with Gasteiger partial charge in [-0.1, -0.05) is 48.5 Å². The Hall–Kier alpha value is -2.62. The fourth-order valence-electron chi connectivity index (χ4n) is 3.31. The fourth-order valence-corrected chi connectivity index (χ4v) is 3.31. The van der Waals surface area contributed by atoms with Crippen LogP contribution in [0.4, 0.5) is 0 Å². The third kappa shape index (κ3) is 4.51. The summed E-state index contributed by atoms with van der Waals surface area (Å²) in [4.78, 5) is 27.5. The van der Waals surface area contributed by atoms with Crippen LogP contribution in [0.5, 0.6) is 0 Å². The number of carbonyl (C=O) groups excluding carboxylic acids is 2. The van der Waals surface area contributed by atoms with Crippen molar-refractivity contribution in [3.05, 3.63) is 71.8 Å². The van der Waals surface area contributed by atoms with Crippen LogP contribution in [0, 0.1) is 0 Å². The Morgan fingerprint density at radius 3 is 2.12 bits per heavy atom. The highest BCUT2D eigenvalue weighted by Crippen LogP contribution is 2.30. The van der Waals surface area contributed by atoms with Crippen LogP contribution in [0.1, 0.15) is 55.1 Å². The molecule has 26 heavy (non-hydrogen) atoms. The summed E-state index contributed by atoms with van der Waals surface area (Å²) >= 11 is 0. The molecule has 0 saturated heterocycles. The van der Waals surface area contributed by atoms with Gasteiger partial charge in [-0.15, -0.1) is 0 Å². The predicted molar refractivity (Wildman–Crippen MR) is 103 cm³/mol. The highest BCUT2D eigenvalue weighted by Gasteiger charge is 2.35. The molecule has 4 nitrogen and oxygen atoms in total. The van der Waals surface area contributed by atoms with E-state index in [0.29, 0.717) is 11.6 Å². The number of amides is 2. The van der Waals surface area contributed by atoms with Crippen LogP contribution >= 0.6 is 0 Å². The zero-order valence-electron chi connectivity index (χ0n) is 15.4. The van der Waals surface area contributed by atoms with Crippen molar-refractivity contribution < 1.29 is 9.59 Å². The van der Waals surface area contributed by atoms with Gasteiger partial charge in [0.2, 0.25) is 5.91 Å². The molecule has 1 N–H and O–H groups in total. The van der Waals surface area contributed by atoms with Gasteiger partial charge in [0.25, 0.3) is 5.91 Å². The van der Waals surface area contributed by atoms with E-state index < -0.39 is 0 Å². The van der Waals surface area contributed by atoms with E-state index in [1.54, 1.807) is 12.1 Å². The van der Waals surface area contributed by atoms with Crippen molar-refractivity contribution in [3.8, 4) is 0 Å². The third-order valence-electron chi connectivity index (χ3n) is 4.71. The molecule has 1 fully saturated rings. The lowest BCUT2D eigenvalue weighted by Crippen LogP contribution is -2.41. The smallest absolute Gasteiger partial charge is 0.251 e. The van der Waals surface area contributed by atoms with Crippen molar-refractivity contribution in [2.24, 2.45) is 0 Å². The minimum atomic E-state index is -0.337. The van der Waals surface area contributed by atoms with Crippen molar-refractivity contribution in [3.63, 3.8) is 0 Å². The third-order valence-corrected chi connectivity index (χ3v) is 4.71. The highest BCUT2D eigenvalue weighted by molar-refractivity contribution is 5.94. The van der Waals surface area contributed by atoms with Crippen LogP contribution in [-0.4, -0.2) is 28.8 Å². The molecule has 0 spiro atoms. The molecule has 1 aliphatic rings. The minimum absolute atomic E-state index is 0.102. The van der Waals surface area contributed by atoms with Crippen molar-refractivity contribution >= 4 is 11.8 Å². The lowest BCUT2D eigenvalue weighted by atomic mass is 10.0. The van der Waals surface area contributed by atoms with Crippen LogP contribution in [0.2, 0.25) is 0 Å². The van der Waals surface area contributed by atoms with Gasteiger partial charge in [0.05, 0.1) is 12.5 Å². The lowest BCUT2D eigenvalue weighted by molar-refractivity contribution is -0.134. The Morgan fingerprint density at radius 2 is 1.58 bits per heavy atom. The molecule has 0 aliphatic heterocycles. The van der Waals surface area contributed by atoms with Crippen molar-refractivity contribution in [1.82, 2.24) is 10.2 Å². The Kier molecular flexibility index (Phi) is 5.71. The molecule has 2 aromatic rings. The molecule has 136 valence electrons. The maximum absolute atomic E-state index is 12.9. The molecular formula is C22H26N2O2. The van der Waals surface area contributed by atoms with Gasteiger partial charge in [-0.3, -0.25) is 9.59 Å². The molecule has 1 aliphatic carbocycles. The molecule has 0 bridgehead atoms. The molecule has 0 radical (unpaired) electrons. The SMILES string of the molecule is CC(C)N(C(=O)CC(NC(=O)c1ccccc1)c1ccccc1)C1CC1. The van der Waals surface area contributed by atoms with Crippen LogP contribution in [-0.2, 0) is 4.79 Å². The monoisotopic (exact) mass is 350 g/mol. The van der Waals surface area contributed by atoms with E-state index in [2.05, 4.69) is 19.2 Å². The molecule has 0 heterocycles. The Bertz CT molecular complexity index is 737. The summed E-state index contributed by atoms with van der Waals surface area (Å²) in [7, 11) is 0. The molecule has 0 aromatic heterocycles. The van der Waals surface area contributed by atoms with Crippen LogP contribution < -0.4 is 5.32 Å². The van der Waals surface area contributed by atoms with Gasteiger partial charge in [0.15, 0.2) is 0 Å². The molecular weight excluding hydrogens is 324 g/mol. The van der Waals surface area contributed by atoms with E-state index in [9.17, 15) is 9.59 Å². The Labute approximate surface area is 155 Å². The summed E-state index contributed by atoms with van der Waals surface area (Å²) in [5.74, 6) is -0.0560. The molecule has 3 rings (SSSR count). The van der Waals surface area contributed by atoms with Gasteiger partial charge >= 0.3 is 0 Å². The normalized spacial score (nSPS) is 14.7. The van der Waals surface area contributed by atoms with E-state index in [0.717, 1.165) is 18.4 Å². The second-order valence-corrected chi connectivity index (χ2v) is 7.13. The molecule has 4 heteroatoms. The lowest BCUT2D eigenvalue weighted by Gasteiger charge is -2.29. The molecule has 1 saturated carbocycles. The summed E-state index contributed by atoms with van der Waals surface area (Å²) in [6.45, 7) is 4.10. The molecule has 2 aromatic carbocycles. The number of benzene rings is 2. The van der Waals surface area contributed by atoms with Gasteiger partial charge < -0.3 is 10.2 Å². The first-order valence-electron chi connectivity index (χ1n) is 9.28. The number of carbonyl (C=O) groups is 2. The molecule has 1 atom stereocenters. The first-order chi connectivity index (χ1) is 12.6. The first-order valence-corrected chi connectivity index (χ1v) is 9.28. The van der Waals surface area contributed by atoms with Crippen LogP contribution in [0.25, 0.3) is 0 Å². The average Bonchev–Trinajstić information content (AvgIpc) is 3.47. The fraction of sp³-hybridized carbons (Fsp3) is 0.364. The van der Waals surface area contributed by atoms with Gasteiger partial charge in [-0.2, -0.15) is 0 Å². The summed E-state index contributed by atoms with van der Waals surface area (Å²) < 4.78 is 0. The first kappa shape index (κ1) is 18.2. The van der Waals surface area contributed by atoms with Crippen LogP contribution in [0.3, 0.4) is 0 Å². The van der Waals surface area contributed by atoms with E-state index in [4.69, 9.17) is 0 Å². The zero-order valence-corrected chi connectivity index (χ0v) is 15.4. The average molecular weight is 350 g/mol. The second-order valence-electron chi connectivity index (χ2n) is 7.13. The summed E-state index contributed by atoms with van der Waals surface area (Å²) in [6, 6.07) is 19.0. The summed E-state index contributed by atoms with van der Waals surface area (Å²) in [5.41, 5.74) is 1.55. The van der Waals surface area contributed by atoms with E-state index in [1.807, 2.05) is 53.4 Å². The number of hydrogen-bond acceptors (Lipinski definition) is 2. The van der Waals surface area contributed by atoms with Gasteiger partial charge in [-0.05, 0) is 44.4 Å². The van der Waals surface area contributed by atoms with E-state index in [-0.39, 0.29) is 30.3 Å². The predicted octanol–water partition coefficient (Wildman–Crippen LogP) is 3.95. The van der Waals surface area contributed by atoms with Gasteiger partial charge in [0.1, 0.15) is 0 Å². The Balaban J connectivity index is 1.77. The molecule has 2 amide bonds. The quantitative estimate of drug-likeness (QED) is 0.822.